The van der Waals surface area contributed by atoms with Crippen LogP contribution in [0, 0.1) is 5.41 Å². The molecule has 1 N–H and O–H groups in total. The maximum Gasteiger partial charge on any atom is 0.261 e. The van der Waals surface area contributed by atoms with Gasteiger partial charge in [0.1, 0.15) is 5.75 Å². The largest absolute Gasteiger partial charge is 0.497 e. The molecule has 106 valence electrons. The second kappa shape index (κ2) is 4.90. The Labute approximate surface area is 116 Å². The number of aliphatic hydroxyl groups is 1. The van der Waals surface area contributed by atoms with Gasteiger partial charge in [-0.2, -0.15) is 0 Å². The molecule has 0 unspecified atom stereocenters. The highest BCUT2D eigenvalue weighted by molar-refractivity contribution is 5.78. The summed E-state index contributed by atoms with van der Waals surface area (Å²) in [6, 6.07) is 5.29. The van der Waals surface area contributed by atoms with Crippen LogP contribution in [0.5, 0.6) is 5.75 Å². The molecule has 1 saturated carbocycles. The average Bonchev–Trinajstić information content (AvgIpc) is 2.45. The Morgan fingerprint density at radius 1 is 1.45 bits per heavy atom. The van der Waals surface area contributed by atoms with E-state index in [1.807, 2.05) is 0 Å². The summed E-state index contributed by atoms with van der Waals surface area (Å²) in [5.41, 5.74) is 0.449. The van der Waals surface area contributed by atoms with Crippen LogP contribution in [0.25, 0.3) is 10.9 Å². The van der Waals surface area contributed by atoms with Gasteiger partial charge in [-0.3, -0.25) is 9.36 Å². The maximum atomic E-state index is 12.5. The maximum absolute atomic E-state index is 12.5. The van der Waals surface area contributed by atoms with Crippen LogP contribution in [0.2, 0.25) is 0 Å². The fourth-order valence-electron chi connectivity index (χ4n) is 2.78. The average molecular weight is 274 g/mol. The summed E-state index contributed by atoms with van der Waals surface area (Å²) in [4.78, 5) is 16.8. The van der Waals surface area contributed by atoms with Crippen LogP contribution >= 0.6 is 0 Å². The van der Waals surface area contributed by atoms with Crippen LogP contribution in [0.15, 0.2) is 29.3 Å². The molecule has 1 aromatic carbocycles. The molecular formula is C15H18N2O3. The van der Waals surface area contributed by atoms with Gasteiger partial charge in [0.05, 0.1) is 30.9 Å². The minimum absolute atomic E-state index is 0.0753. The summed E-state index contributed by atoms with van der Waals surface area (Å²) >= 11 is 0. The number of hydrogen-bond acceptors (Lipinski definition) is 4. The second-order valence-electron chi connectivity index (χ2n) is 5.57. The Hall–Kier alpha value is -1.88. The molecule has 0 amide bonds. The first kappa shape index (κ1) is 13.1. The van der Waals surface area contributed by atoms with E-state index in [-0.39, 0.29) is 17.6 Å². The van der Waals surface area contributed by atoms with Gasteiger partial charge in [-0.1, -0.05) is 6.42 Å². The lowest BCUT2D eigenvalue weighted by molar-refractivity contribution is 0.0265. The Morgan fingerprint density at radius 3 is 2.85 bits per heavy atom. The monoisotopic (exact) mass is 274 g/mol. The van der Waals surface area contributed by atoms with Crippen molar-refractivity contribution in [2.24, 2.45) is 5.41 Å². The molecule has 1 aliphatic carbocycles. The predicted molar refractivity (Wildman–Crippen MR) is 75.9 cm³/mol. The smallest absolute Gasteiger partial charge is 0.261 e. The fraction of sp³-hybridized carbons (Fsp3) is 0.467. The van der Waals surface area contributed by atoms with Crippen molar-refractivity contribution in [2.45, 2.75) is 25.8 Å². The lowest BCUT2D eigenvalue weighted by atomic mass is 9.69. The third-order valence-electron chi connectivity index (χ3n) is 4.29. The van der Waals surface area contributed by atoms with Crippen LogP contribution in [-0.4, -0.2) is 28.4 Å². The predicted octanol–water partition coefficient (Wildman–Crippen LogP) is 1.57. The Balaban J connectivity index is 2.04. The minimum atomic E-state index is -0.141. The van der Waals surface area contributed by atoms with E-state index < -0.39 is 0 Å². The van der Waals surface area contributed by atoms with Crippen molar-refractivity contribution in [3.63, 3.8) is 0 Å². The molecule has 1 aromatic heterocycles. The van der Waals surface area contributed by atoms with Crippen molar-refractivity contribution < 1.29 is 9.84 Å². The number of hydrogen-bond donors (Lipinski definition) is 1. The Kier molecular flexibility index (Phi) is 3.22. The number of nitrogens with zero attached hydrogens (tertiary/aromatic N) is 2. The topological polar surface area (TPSA) is 64.3 Å². The minimum Gasteiger partial charge on any atom is -0.497 e. The number of aromatic nitrogens is 2. The highest BCUT2D eigenvalue weighted by Gasteiger charge is 2.37. The van der Waals surface area contributed by atoms with Gasteiger partial charge in [-0.25, -0.2) is 4.98 Å². The van der Waals surface area contributed by atoms with E-state index >= 15 is 0 Å². The molecule has 20 heavy (non-hydrogen) atoms. The van der Waals surface area contributed by atoms with E-state index in [0.717, 1.165) is 19.3 Å². The first-order chi connectivity index (χ1) is 9.67. The van der Waals surface area contributed by atoms with E-state index in [9.17, 15) is 9.90 Å². The Morgan fingerprint density at radius 2 is 2.25 bits per heavy atom. The molecule has 3 rings (SSSR count). The van der Waals surface area contributed by atoms with Crippen LogP contribution < -0.4 is 10.3 Å². The molecule has 2 aromatic rings. The van der Waals surface area contributed by atoms with Crippen LogP contribution in [0.1, 0.15) is 19.3 Å². The van der Waals surface area contributed by atoms with Crippen LogP contribution in [0.3, 0.4) is 0 Å². The molecular weight excluding hydrogens is 256 g/mol. The molecule has 0 atom stereocenters. The number of benzene rings is 1. The first-order valence-electron chi connectivity index (χ1n) is 6.81. The molecule has 5 heteroatoms. The summed E-state index contributed by atoms with van der Waals surface area (Å²) in [5.74, 6) is 0.648. The van der Waals surface area contributed by atoms with Gasteiger partial charge >= 0.3 is 0 Å². The van der Waals surface area contributed by atoms with Crippen molar-refractivity contribution >= 4 is 10.9 Å². The van der Waals surface area contributed by atoms with Crippen molar-refractivity contribution in [1.82, 2.24) is 9.55 Å². The zero-order valence-electron chi connectivity index (χ0n) is 11.5. The highest BCUT2D eigenvalue weighted by Crippen LogP contribution is 2.41. The molecule has 1 heterocycles. The molecule has 5 nitrogen and oxygen atoms in total. The van der Waals surface area contributed by atoms with Gasteiger partial charge in [0, 0.05) is 12.0 Å². The number of methoxy groups -OCH3 is 1. The van der Waals surface area contributed by atoms with E-state index in [1.54, 1.807) is 36.2 Å². The van der Waals surface area contributed by atoms with Gasteiger partial charge in [0.2, 0.25) is 0 Å². The van der Waals surface area contributed by atoms with Crippen molar-refractivity contribution in [1.29, 1.82) is 0 Å². The number of rotatable bonds is 4. The van der Waals surface area contributed by atoms with Gasteiger partial charge in [0.15, 0.2) is 0 Å². The van der Waals surface area contributed by atoms with E-state index in [4.69, 9.17) is 4.74 Å². The number of aliphatic hydroxyl groups excluding tert-OH is 1. The van der Waals surface area contributed by atoms with Gasteiger partial charge in [-0.05, 0) is 31.0 Å². The Bertz CT molecular complexity index is 684. The normalized spacial score (nSPS) is 16.9. The molecule has 0 bridgehead atoms. The fourth-order valence-corrected chi connectivity index (χ4v) is 2.78. The zero-order valence-corrected chi connectivity index (χ0v) is 11.5. The second-order valence-corrected chi connectivity index (χ2v) is 5.57. The lowest BCUT2D eigenvalue weighted by Crippen LogP contribution is -2.40. The SMILES string of the molecule is COc1ccc2ncn(CC3(CO)CCC3)c(=O)c2c1. The first-order valence-corrected chi connectivity index (χ1v) is 6.81. The molecule has 0 spiro atoms. The summed E-state index contributed by atoms with van der Waals surface area (Å²) < 4.78 is 6.76. The van der Waals surface area contributed by atoms with Crippen molar-refractivity contribution in [2.75, 3.05) is 13.7 Å². The molecule has 0 radical (unpaired) electrons. The van der Waals surface area contributed by atoms with E-state index in [1.165, 1.54) is 0 Å². The highest BCUT2D eigenvalue weighted by atomic mass is 16.5. The van der Waals surface area contributed by atoms with Crippen LogP contribution in [0.4, 0.5) is 0 Å². The third kappa shape index (κ3) is 2.08. The number of ether oxygens (including phenoxy) is 1. The third-order valence-corrected chi connectivity index (χ3v) is 4.29. The van der Waals surface area contributed by atoms with Crippen molar-refractivity contribution in [3.05, 3.63) is 34.9 Å². The summed E-state index contributed by atoms with van der Waals surface area (Å²) in [5, 5.41) is 10.1. The molecule has 0 saturated heterocycles. The molecule has 0 aliphatic heterocycles. The van der Waals surface area contributed by atoms with Gasteiger partial charge in [0.25, 0.3) is 5.56 Å². The lowest BCUT2D eigenvalue weighted by Gasteiger charge is -2.40. The summed E-state index contributed by atoms with van der Waals surface area (Å²) in [6.45, 7) is 0.651. The van der Waals surface area contributed by atoms with E-state index in [2.05, 4.69) is 4.98 Å². The standard InChI is InChI=1S/C15H18N2O3/c1-20-11-3-4-13-12(7-11)14(19)17(10-16-13)8-15(9-18)5-2-6-15/h3-4,7,10,18H,2,5-6,8-9H2,1H3. The number of fused-ring (bicyclic) bond motifs is 1. The van der Waals surface area contributed by atoms with Gasteiger partial charge < -0.3 is 9.84 Å². The van der Waals surface area contributed by atoms with Crippen molar-refractivity contribution in [3.8, 4) is 5.75 Å². The van der Waals surface area contributed by atoms with Gasteiger partial charge in [-0.15, -0.1) is 0 Å². The van der Waals surface area contributed by atoms with E-state index in [0.29, 0.717) is 23.2 Å². The zero-order chi connectivity index (χ0) is 14.2. The molecule has 1 aliphatic rings. The summed E-state index contributed by atoms with van der Waals surface area (Å²) in [7, 11) is 1.57. The van der Waals surface area contributed by atoms with Crippen LogP contribution in [-0.2, 0) is 6.54 Å². The quantitative estimate of drug-likeness (QED) is 0.919. The molecule has 1 fully saturated rings. The summed E-state index contributed by atoms with van der Waals surface area (Å²) in [6.07, 6.45) is 4.62.